The minimum absolute atomic E-state index is 0.267. The van der Waals surface area contributed by atoms with E-state index in [0.717, 1.165) is 6.61 Å². The highest BCUT2D eigenvalue weighted by atomic mass is 16.5. The van der Waals surface area contributed by atoms with Gasteiger partial charge in [-0.1, -0.05) is 27.7 Å². The lowest BCUT2D eigenvalue weighted by Crippen LogP contribution is -2.47. The van der Waals surface area contributed by atoms with Crippen LogP contribution in [0.25, 0.3) is 0 Å². The predicted molar refractivity (Wildman–Crippen MR) is 53.7 cm³/mol. The van der Waals surface area contributed by atoms with Crippen molar-refractivity contribution in [2.45, 2.75) is 39.9 Å². The molecular formula is C11H22O2. The molecule has 0 N–H and O–H groups in total. The summed E-state index contributed by atoms with van der Waals surface area (Å²) in [4.78, 5) is 0. The van der Waals surface area contributed by atoms with E-state index in [1.165, 1.54) is 0 Å². The van der Waals surface area contributed by atoms with Gasteiger partial charge in [0.25, 0.3) is 0 Å². The van der Waals surface area contributed by atoms with Gasteiger partial charge in [0.1, 0.15) is 0 Å². The Kier molecular flexibility index (Phi) is 3.74. The summed E-state index contributed by atoms with van der Waals surface area (Å²) in [5.74, 6) is 1.76. The van der Waals surface area contributed by atoms with Gasteiger partial charge < -0.3 is 9.47 Å². The Morgan fingerprint density at radius 1 is 1.31 bits per heavy atom. The van der Waals surface area contributed by atoms with E-state index in [9.17, 15) is 0 Å². The summed E-state index contributed by atoms with van der Waals surface area (Å²) in [6, 6.07) is 0. The molecule has 0 radical (unpaired) electrons. The van der Waals surface area contributed by atoms with E-state index in [-0.39, 0.29) is 12.2 Å². The Balaban J connectivity index is 2.66. The standard InChI is InChI=1S/C11H22O2/c1-7(2)10-11(12-5)9(4)8(3)6-13-10/h7-11H,6H2,1-5H3/t8-,9+,10?,11-/m1/s1. The molecule has 2 heteroatoms. The minimum Gasteiger partial charge on any atom is -0.378 e. The van der Waals surface area contributed by atoms with Crippen molar-refractivity contribution < 1.29 is 9.47 Å². The Hall–Kier alpha value is -0.0800. The van der Waals surface area contributed by atoms with E-state index in [0.29, 0.717) is 17.8 Å². The summed E-state index contributed by atoms with van der Waals surface area (Å²) in [7, 11) is 1.79. The highest BCUT2D eigenvalue weighted by Gasteiger charge is 2.37. The van der Waals surface area contributed by atoms with Crippen LogP contribution < -0.4 is 0 Å². The normalized spacial score (nSPS) is 41.1. The first-order valence-electron chi connectivity index (χ1n) is 5.22. The molecule has 78 valence electrons. The van der Waals surface area contributed by atoms with Crippen LogP contribution in [0.5, 0.6) is 0 Å². The zero-order chi connectivity index (χ0) is 10.0. The molecule has 0 aromatic rings. The van der Waals surface area contributed by atoms with Gasteiger partial charge in [-0.05, 0) is 17.8 Å². The first-order valence-corrected chi connectivity index (χ1v) is 5.22. The maximum Gasteiger partial charge on any atom is 0.0864 e. The van der Waals surface area contributed by atoms with Crippen molar-refractivity contribution in [2.75, 3.05) is 13.7 Å². The molecule has 13 heavy (non-hydrogen) atoms. The molecule has 1 unspecified atom stereocenters. The molecule has 0 bridgehead atoms. The number of ether oxygens (including phenoxy) is 2. The van der Waals surface area contributed by atoms with E-state index < -0.39 is 0 Å². The van der Waals surface area contributed by atoms with Gasteiger partial charge in [-0.15, -0.1) is 0 Å². The van der Waals surface area contributed by atoms with Gasteiger partial charge in [0.05, 0.1) is 12.2 Å². The average molecular weight is 186 g/mol. The van der Waals surface area contributed by atoms with Crippen molar-refractivity contribution in [3.8, 4) is 0 Å². The average Bonchev–Trinajstić information content (AvgIpc) is 2.09. The third kappa shape index (κ3) is 2.23. The summed E-state index contributed by atoms with van der Waals surface area (Å²) in [6.07, 6.45) is 0.542. The predicted octanol–water partition coefficient (Wildman–Crippen LogP) is 2.33. The van der Waals surface area contributed by atoms with Gasteiger partial charge in [-0.2, -0.15) is 0 Å². The van der Waals surface area contributed by atoms with Crippen LogP contribution in [0.2, 0.25) is 0 Å². The highest BCUT2D eigenvalue weighted by Crippen LogP contribution is 2.30. The second kappa shape index (κ2) is 4.43. The van der Waals surface area contributed by atoms with Crippen LogP contribution in [0.15, 0.2) is 0 Å². The summed E-state index contributed by atoms with van der Waals surface area (Å²) in [5, 5.41) is 0. The van der Waals surface area contributed by atoms with Gasteiger partial charge in [-0.25, -0.2) is 0 Å². The Labute approximate surface area is 81.6 Å². The molecule has 1 saturated heterocycles. The van der Waals surface area contributed by atoms with Crippen molar-refractivity contribution in [3.05, 3.63) is 0 Å². The zero-order valence-corrected chi connectivity index (χ0v) is 9.41. The molecule has 1 heterocycles. The third-order valence-corrected chi connectivity index (χ3v) is 3.22. The fourth-order valence-electron chi connectivity index (χ4n) is 2.05. The Morgan fingerprint density at radius 2 is 1.92 bits per heavy atom. The fraction of sp³-hybridized carbons (Fsp3) is 1.00. The van der Waals surface area contributed by atoms with Crippen LogP contribution in [0.1, 0.15) is 27.7 Å². The molecule has 0 saturated carbocycles. The summed E-state index contributed by atoms with van der Waals surface area (Å²) in [5.41, 5.74) is 0. The molecular weight excluding hydrogens is 164 g/mol. The molecule has 4 atom stereocenters. The second-order valence-corrected chi connectivity index (χ2v) is 4.58. The number of rotatable bonds is 2. The van der Waals surface area contributed by atoms with Crippen molar-refractivity contribution in [3.63, 3.8) is 0 Å². The van der Waals surface area contributed by atoms with Crippen LogP contribution >= 0.6 is 0 Å². The molecule has 0 aromatic carbocycles. The van der Waals surface area contributed by atoms with Gasteiger partial charge in [0.2, 0.25) is 0 Å². The maximum atomic E-state index is 5.80. The van der Waals surface area contributed by atoms with Crippen LogP contribution in [0.3, 0.4) is 0 Å². The lowest BCUT2D eigenvalue weighted by Gasteiger charge is -2.41. The number of hydrogen-bond donors (Lipinski definition) is 0. The first-order chi connectivity index (χ1) is 6.07. The van der Waals surface area contributed by atoms with Crippen LogP contribution in [0, 0.1) is 17.8 Å². The molecule has 1 fully saturated rings. The molecule has 0 spiro atoms. The van der Waals surface area contributed by atoms with Crippen LogP contribution in [-0.4, -0.2) is 25.9 Å². The summed E-state index contributed by atoms with van der Waals surface area (Å²) in [6.45, 7) is 9.76. The van der Waals surface area contributed by atoms with Gasteiger partial charge in [0.15, 0.2) is 0 Å². The van der Waals surface area contributed by atoms with Gasteiger partial charge in [0, 0.05) is 13.7 Å². The lowest BCUT2D eigenvalue weighted by atomic mass is 9.82. The largest absolute Gasteiger partial charge is 0.378 e. The first kappa shape index (κ1) is 11.0. The van der Waals surface area contributed by atoms with Crippen molar-refractivity contribution in [2.24, 2.45) is 17.8 Å². The minimum atomic E-state index is 0.267. The molecule has 0 aliphatic carbocycles. The monoisotopic (exact) mass is 186 g/mol. The lowest BCUT2D eigenvalue weighted by molar-refractivity contribution is -0.154. The molecule has 1 rings (SSSR count). The molecule has 0 amide bonds. The second-order valence-electron chi connectivity index (χ2n) is 4.58. The van der Waals surface area contributed by atoms with Crippen LogP contribution in [-0.2, 0) is 9.47 Å². The van der Waals surface area contributed by atoms with E-state index >= 15 is 0 Å². The van der Waals surface area contributed by atoms with E-state index in [2.05, 4.69) is 27.7 Å². The molecule has 2 nitrogen and oxygen atoms in total. The SMILES string of the molecule is CO[C@H]1C(C(C)C)OC[C@@H](C)[C@@H]1C. The van der Waals surface area contributed by atoms with Crippen molar-refractivity contribution in [1.82, 2.24) is 0 Å². The Bertz CT molecular complexity index is 156. The fourth-order valence-corrected chi connectivity index (χ4v) is 2.05. The molecule has 1 aliphatic heterocycles. The van der Waals surface area contributed by atoms with Gasteiger partial charge >= 0.3 is 0 Å². The van der Waals surface area contributed by atoms with Gasteiger partial charge in [-0.3, -0.25) is 0 Å². The van der Waals surface area contributed by atoms with Crippen molar-refractivity contribution in [1.29, 1.82) is 0 Å². The number of methoxy groups -OCH3 is 1. The third-order valence-electron chi connectivity index (χ3n) is 3.22. The molecule has 0 aromatic heterocycles. The Morgan fingerprint density at radius 3 is 2.38 bits per heavy atom. The van der Waals surface area contributed by atoms with E-state index in [1.54, 1.807) is 7.11 Å². The molecule has 1 aliphatic rings. The maximum absolute atomic E-state index is 5.80. The number of hydrogen-bond acceptors (Lipinski definition) is 2. The highest BCUT2D eigenvalue weighted by molar-refractivity contribution is 4.85. The summed E-state index contributed by atoms with van der Waals surface area (Å²) >= 11 is 0. The quantitative estimate of drug-likeness (QED) is 0.659. The summed E-state index contributed by atoms with van der Waals surface area (Å²) < 4.78 is 11.3. The smallest absolute Gasteiger partial charge is 0.0864 e. The van der Waals surface area contributed by atoms with Crippen LogP contribution in [0.4, 0.5) is 0 Å². The zero-order valence-electron chi connectivity index (χ0n) is 9.41. The topological polar surface area (TPSA) is 18.5 Å². The van der Waals surface area contributed by atoms with E-state index in [4.69, 9.17) is 9.47 Å². The van der Waals surface area contributed by atoms with Crippen molar-refractivity contribution >= 4 is 0 Å². The van der Waals surface area contributed by atoms with E-state index in [1.807, 2.05) is 0 Å².